The van der Waals surface area contributed by atoms with Crippen molar-refractivity contribution in [3.63, 3.8) is 0 Å². The Morgan fingerprint density at radius 3 is 1.90 bits per heavy atom. The van der Waals surface area contributed by atoms with Crippen molar-refractivity contribution in [1.82, 2.24) is 10.6 Å². The van der Waals surface area contributed by atoms with Crippen LogP contribution in [0.2, 0.25) is 0 Å². The van der Waals surface area contributed by atoms with Crippen LogP contribution in [0.1, 0.15) is 24.0 Å². The van der Waals surface area contributed by atoms with Gasteiger partial charge in [0.2, 0.25) is 0 Å². The van der Waals surface area contributed by atoms with Gasteiger partial charge in [-0.3, -0.25) is 33.8 Å². The molecule has 5 N–H and O–H groups in total. The molecule has 256 valence electrons. The van der Waals surface area contributed by atoms with Gasteiger partial charge in [-0.2, -0.15) is 0 Å². The van der Waals surface area contributed by atoms with Crippen LogP contribution in [0.25, 0.3) is 0 Å². The lowest BCUT2D eigenvalue weighted by Gasteiger charge is -2.23. The summed E-state index contributed by atoms with van der Waals surface area (Å²) in [5.41, 5.74) is 1.48. The van der Waals surface area contributed by atoms with E-state index in [1.807, 2.05) is 30.3 Å². The third kappa shape index (κ3) is 10.3. The molecule has 1 aliphatic heterocycles. The first-order valence-electron chi connectivity index (χ1n) is 14.9. The number of amides is 5. The number of carbonyl (C=O) groups is 7. The molecule has 0 fully saturated rings. The quantitative estimate of drug-likeness (QED) is 0.0949. The molecule has 0 saturated heterocycles. The minimum Gasteiger partial charge on any atom is -0.480 e. The molecule has 0 bridgehead atoms. The highest BCUT2D eigenvalue weighted by atomic mass is 16.5. The lowest BCUT2D eigenvalue weighted by molar-refractivity contribution is -0.145. The number of ether oxygens (including phenoxy) is 2. The molecule has 49 heavy (non-hydrogen) atoms. The van der Waals surface area contributed by atoms with Crippen LogP contribution >= 0.6 is 0 Å². The smallest absolute Gasteiger partial charge is 0.407 e. The average molecular weight is 676 g/mol. The van der Waals surface area contributed by atoms with Gasteiger partial charge in [0.15, 0.2) is 6.04 Å². The molecule has 0 saturated carbocycles. The highest BCUT2D eigenvalue weighted by molar-refractivity contribution is 6.23. The molecule has 3 aromatic rings. The molecule has 4 rings (SSSR count). The van der Waals surface area contributed by atoms with Gasteiger partial charge in [0.25, 0.3) is 11.8 Å². The fourth-order valence-electron chi connectivity index (χ4n) is 4.77. The summed E-state index contributed by atoms with van der Waals surface area (Å²) < 4.78 is 10.4. The molecule has 1 aliphatic rings. The van der Waals surface area contributed by atoms with Gasteiger partial charge in [-0.1, -0.05) is 54.6 Å². The number of urea groups is 1. The monoisotopic (exact) mass is 675 g/mol. The number of hydrogen-bond donors (Lipinski definition) is 5. The standard InChI is InChI=1S/C33H33N5O11/c39-26(40)17-37-24-12-4-5-13-25(24)38(18-27(41)42)31(45)29(30(37)44)36-32(46)35-23-11-6-10-22(16-23)20-49-33(47)34-15-7-14-28(43)48-19-21-8-2-1-3-9-21/h1-6,8-13,16,29H,7,14-15,17-20H2,(H,34,47)(H,39,40)(H,41,42)(H2,35,36,46). The van der Waals surface area contributed by atoms with Gasteiger partial charge in [0.1, 0.15) is 26.3 Å². The first kappa shape index (κ1) is 35.4. The summed E-state index contributed by atoms with van der Waals surface area (Å²) >= 11 is 0. The number of carbonyl (C=O) groups excluding carboxylic acids is 5. The number of carboxylic acid groups (broad SMARTS) is 2. The number of nitrogens with one attached hydrogen (secondary N) is 3. The molecule has 0 unspecified atom stereocenters. The van der Waals surface area contributed by atoms with E-state index in [0.29, 0.717) is 12.0 Å². The van der Waals surface area contributed by atoms with Gasteiger partial charge in [0.05, 0.1) is 11.4 Å². The van der Waals surface area contributed by atoms with Crippen molar-refractivity contribution in [2.75, 3.05) is 34.8 Å². The van der Waals surface area contributed by atoms with E-state index < -0.39 is 61.0 Å². The van der Waals surface area contributed by atoms with Crippen molar-refractivity contribution < 1.29 is 53.2 Å². The van der Waals surface area contributed by atoms with Crippen molar-refractivity contribution in [3.8, 4) is 0 Å². The summed E-state index contributed by atoms with van der Waals surface area (Å²) in [5.74, 6) is -5.38. The van der Waals surface area contributed by atoms with Crippen molar-refractivity contribution in [3.05, 3.63) is 90.0 Å². The third-order valence-electron chi connectivity index (χ3n) is 6.98. The number of fused-ring (bicyclic) bond motifs is 1. The highest BCUT2D eigenvalue weighted by Crippen LogP contribution is 2.33. The lowest BCUT2D eigenvalue weighted by atomic mass is 10.2. The van der Waals surface area contributed by atoms with Crippen LogP contribution in [0.4, 0.5) is 26.7 Å². The van der Waals surface area contributed by atoms with Crippen molar-refractivity contribution in [2.24, 2.45) is 0 Å². The predicted octanol–water partition coefficient (Wildman–Crippen LogP) is 2.48. The van der Waals surface area contributed by atoms with Crippen LogP contribution < -0.4 is 25.8 Å². The van der Waals surface area contributed by atoms with E-state index >= 15 is 0 Å². The second-order valence-corrected chi connectivity index (χ2v) is 10.6. The molecule has 1 heterocycles. The Bertz CT molecular complexity index is 1660. The molecule has 0 spiro atoms. The first-order chi connectivity index (χ1) is 23.5. The molecule has 0 aromatic heterocycles. The summed E-state index contributed by atoms with van der Waals surface area (Å²) in [6, 6.07) is 18.0. The molecular weight excluding hydrogens is 642 g/mol. The van der Waals surface area contributed by atoms with E-state index in [2.05, 4.69) is 16.0 Å². The number of aliphatic carboxylic acids is 2. The zero-order valence-corrected chi connectivity index (χ0v) is 26.0. The number of benzene rings is 3. The maximum atomic E-state index is 13.4. The summed E-state index contributed by atoms with van der Waals surface area (Å²) in [5, 5.41) is 26.1. The number of esters is 1. The molecule has 0 radical (unpaired) electrons. The normalized spacial score (nSPS) is 12.7. The molecule has 3 aromatic carbocycles. The molecule has 16 nitrogen and oxygen atoms in total. The van der Waals surface area contributed by atoms with E-state index in [1.165, 1.54) is 36.4 Å². The maximum Gasteiger partial charge on any atom is 0.407 e. The van der Waals surface area contributed by atoms with E-state index in [9.17, 15) is 43.8 Å². The molecule has 0 atom stereocenters. The van der Waals surface area contributed by atoms with E-state index in [1.54, 1.807) is 12.1 Å². The molecule has 16 heteroatoms. The fraction of sp³-hybridized carbons (Fsp3) is 0.242. The van der Waals surface area contributed by atoms with Gasteiger partial charge in [0, 0.05) is 18.7 Å². The van der Waals surface area contributed by atoms with Crippen LogP contribution in [-0.4, -0.2) is 77.7 Å². The van der Waals surface area contributed by atoms with E-state index in [4.69, 9.17) is 9.47 Å². The van der Waals surface area contributed by atoms with Gasteiger partial charge in [-0.15, -0.1) is 0 Å². The minimum absolute atomic E-state index is 0.0210. The number of para-hydroxylation sites is 2. The van der Waals surface area contributed by atoms with Crippen LogP contribution in [0.5, 0.6) is 0 Å². The second-order valence-electron chi connectivity index (χ2n) is 10.6. The zero-order chi connectivity index (χ0) is 35.3. The van der Waals surface area contributed by atoms with Crippen LogP contribution in [-0.2, 0) is 46.7 Å². The Morgan fingerprint density at radius 2 is 1.29 bits per heavy atom. The van der Waals surface area contributed by atoms with Crippen LogP contribution in [0, 0.1) is 0 Å². The second kappa shape index (κ2) is 16.9. The van der Waals surface area contributed by atoms with Gasteiger partial charge in [-0.25, -0.2) is 9.59 Å². The molecule has 5 amide bonds. The third-order valence-corrected chi connectivity index (χ3v) is 6.98. The Balaban J connectivity index is 1.30. The number of hydrogen-bond acceptors (Lipinski definition) is 9. The van der Waals surface area contributed by atoms with Gasteiger partial charge in [-0.05, 0) is 41.8 Å². The van der Waals surface area contributed by atoms with Gasteiger partial charge >= 0.3 is 30.0 Å². The van der Waals surface area contributed by atoms with Crippen molar-refractivity contribution in [1.29, 1.82) is 0 Å². The Kier molecular flexibility index (Phi) is 12.2. The lowest BCUT2D eigenvalue weighted by Crippen LogP contribution is -2.57. The number of rotatable bonds is 14. The topological polar surface area (TPSA) is 221 Å². The maximum absolute atomic E-state index is 13.4. The largest absolute Gasteiger partial charge is 0.480 e. The number of anilines is 3. The van der Waals surface area contributed by atoms with Crippen LogP contribution in [0.15, 0.2) is 78.9 Å². The zero-order valence-electron chi connectivity index (χ0n) is 26.0. The van der Waals surface area contributed by atoms with E-state index in [-0.39, 0.29) is 43.2 Å². The Hall–Kier alpha value is -6.45. The van der Waals surface area contributed by atoms with Crippen molar-refractivity contribution >= 4 is 58.9 Å². The Labute approximate surface area is 279 Å². The summed E-state index contributed by atoms with van der Waals surface area (Å²) in [6.45, 7) is -1.58. The predicted molar refractivity (Wildman–Crippen MR) is 172 cm³/mol. The SMILES string of the molecule is O=C(O)CN1C(=O)C(NC(=O)Nc2cccc(COC(=O)NCCCC(=O)OCc3ccccc3)c2)C(=O)N(CC(=O)O)c2ccccc21. The summed E-state index contributed by atoms with van der Waals surface area (Å²) in [7, 11) is 0. The number of nitrogens with zero attached hydrogens (tertiary/aromatic N) is 2. The first-order valence-corrected chi connectivity index (χ1v) is 14.9. The van der Waals surface area contributed by atoms with Gasteiger partial charge < -0.3 is 35.6 Å². The fourth-order valence-corrected chi connectivity index (χ4v) is 4.77. The molecular formula is C33H33N5O11. The molecule has 0 aliphatic carbocycles. The number of alkyl carbamates (subject to hydrolysis) is 1. The minimum atomic E-state index is -1.97. The Morgan fingerprint density at radius 1 is 0.714 bits per heavy atom. The highest BCUT2D eigenvalue weighted by Gasteiger charge is 2.42. The van der Waals surface area contributed by atoms with Crippen molar-refractivity contribution in [2.45, 2.75) is 32.1 Å². The average Bonchev–Trinajstić information content (AvgIpc) is 3.15. The summed E-state index contributed by atoms with van der Waals surface area (Å²) in [4.78, 5) is 88.6. The number of carboxylic acids is 2. The summed E-state index contributed by atoms with van der Waals surface area (Å²) in [6.07, 6.45) is -0.308. The van der Waals surface area contributed by atoms with E-state index in [0.717, 1.165) is 15.4 Å². The van der Waals surface area contributed by atoms with Crippen LogP contribution in [0.3, 0.4) is 0 Å².